The molecule has 0 radical (unpaired) electrons. The summed E-state index contributed by atoms with van der Waals surface area (Å²) in [5.74, 6) is 0.184. The van der Waals surface area contributed by atoms with Gasteiger partial charge in [-0.3, -0.25) is 0 Å². The van der Waals surface area contributed by atoms with E-state index in [0.29, 0.717) is 10.2 Å². The smallest absolute Gasteiger partial charge is 0.155 e. The van der Waals surface area contributed by atoms with Gasteiger partial charge in [0.1, 0.15) is 17.2 Å². The minimum atomic E-state index is -0.0291. The lowest BCUT2D eigenvalue weighted by Gasteiger charge is -2.08. The lowest BCUT2D eigenvalue weighted by atomic mass is 10.0. The Kier molecular flexibility index (Phi) is 3.99. The molecule has 20 heavy (non-hydrogen) atoms. The van der Waals surface area contributed by atoms with E-state index in [1.54, 1.807) is 25.1 Å². The van der Waals surface area contributed by atoms with E-state index in [2.05, 4.69) is 20.9 Å². The molecule has 0 aromatic heterocycles. The van der Waals surface area contributed by atoms with Gasteiger partial charge in [0, 0.05) is 11.8 Å². The highest BCUT2D eigenvalue weighted by atomic mass is 79.9. The number of phenols is 3. The molecule has 0 atom stereocenters. The van der Waals surface area contributed by atoms with Crippen molar-refractivity contribution in [3.05, 3.63) is 45.9 Å². The summed E-state index contributed by atoms with van der Waals surface area (Å²) in [6, 6.07) is 7.78. The van der Waals surface area contributed by atoms with E-state index in [1.165, 1.54) is 12.1 Å². The van der Waals surface area contributed by atoms with E-state index < -0.39 is 0 Å². The normalized spacial score (nSPS) is 11.7. The van der Waals surface area contributed by atoms with Gasteiger partial charge in [-0.2, -0.15) is 0 Å². The summed E-state index contributed by atoms with van der Waals surface area (Å²) in [4.78, 5) is 4.34. The van der Waals surface area contributed by atoms with Gasteiger partial charge in [-0.1, -0.05) is 0 Å². The monoisotopic (exact) mass is 335 g/mol. The second-order valence-electron chi connectivity index (χ2n) is 4.49. The van der Waals surface area contributed by atoms with Gasteiger partial charge in [0.05, 0.1) is 4.47 Å². The van der Waals surface area contributed by atoms with E-state index in [9.17, 15) is 15.3 Å². The molecule has 5 heteroatoms. The molecular formula is C15H14BrNO3. The van der Waals surface area contributed by atoms with Crippen LogP contribution in [0.25, 0.3) is 0 Å². The predicted molar refractivity (Wildman–Crippen MR) is 82.2 cm³/mol. The van der Waals surface area contributed by atoms with Crippen LogP contribution in [0.4, 0.5) is 5.69 Å². The first-order valence-corrected chi connectivity index (χ1v) is 6.74. The van der Waals surface area contributed by atoms with Crippen LogP contribution in [0.2, 0.25) is 0 Å². The van der Waals surface area contributed by atoms with Crippen molar-refractivity contribution < 1.29 is 15.3 Å². The molecule has 0 unspecified atom stereocenters. The van der Waals surface area contributed by atoms with Crippen LogP contribution in [0.1, 0.15) is 18.1 Å². The van der Waals surface area contributed by atoms with Crippen LogP contribution in [0, 0.1) is 6.92 Å². The number of nitrogens with zero attached hydrogens (tertiary/aromatic N) is 1. The van der Waals surface area contributed by atoms with Gasteiger partial charge in [-0.25, -0.2) is 4.99 Å². The number of aliphatic imine (C=N–C) groups is 1. The summed E-state index contributed by atoms with van der Waals surface area (Å²) < 4.78 is 0.381. The van der Waals surface area contributed by atoms with Gasteiger partial charge >= 0.3 is 0 Å². The van der Waals surface area contributed by atoms with Crippen LogP contribution in [-0.4, -0.2) is 21.0 Å². The van der Waals surface area contributed by atoms with Gasteiger partial charge < -0.3 is 15.3 Å². The minimum absolute atomic E-state index is 0.0173. The van der Waals surface area contributed by atoms with Gasteiger partial charge in [0.25, 0.3) is 0 Å². The number of hydrogen-bond acceptors (Lipinski definition) is 4. The molecule has 0 spiro atoms. The second kappa shape index (κ2) is 5.54. The van der Waals surface area contributed by atoms with Crippen molar-refractivity contribution in [1.29, 1.82) is 0 Å². The number of phenolic OH excluding ortho intramolecular Hbond substituents is 3. The predicted octanol–water partition coefficient (Wildman–Crippen LogP) is 4.02. The Labute approximate surface area is 125 Å². The van der Waals surface area contributed by atoms with Crippen molar-refractivity contribution in [3.63, 3.8) is 0 Å². The summed E-state index contributed by atoms with van der Waals surface area (Å²) in [7, 11) is 0. The van der Waals surface area contributed by atoms with Crippen LogP contribution in [0.3, 0.4) is 0 Å². The molecule has 104 valence electrons. The summed E-state index contributed by atoms with van der Waals surface area (Å²) >= 11 is 3.15. The summed E-state index contributed by atoms with van der Waals surface area (Å²) in [6.07, 6.45) is 0. The lowest BCUT2D eigenvalue weighted by Crippen LogP contribution is -1.97. The third-order valence-corrected chi connectivity index (χ3v) is 3.52. The zero-order valence-electron chi connectivity index (χ0n) is 11.1. The third-order valence-electron chi connectivity index (χ3n) is 2.92. The Bertz CT molecular complexity index is 696. The fourth-order valence-electron chi connectivity index (χ4n) is 1.95. The molecule has 0 fully saturated rings. The molecule has 0 heterocycles. The molecule has 0 aliphatic heterocycles. The SMILES string of the molecule is CC(=Nc1cc(O)cc(Br)c1O)c1ccc(O)cc1C. The molecule has 0 aliphatic carbocycles. The Hall–Kier alpha value is -2.01. The highest BCUT2D eigenvalue weighted by Crippen LogP contribution is 2.38. The second-order valence-corrected chi connectivity index (χ2v) is 5.35. The molecule has 2 rings (SSSR count). The quantitative estimate of drug-likeness (QED) is 0.573. The fraction of sp³-hybridized carbons (Fsp3) is 0.133. The number of hydrogen-bond donors (Lipinski definition) is 3. The standard InChI is InChI=1S/C15H14BrNO3/c1-8-5-10(18)3-4-12(8)9(2)17-14-7-11(19)6-13(16)15(14)20/h3-7,18-20H,1-2H3. The lowest BCUT2D eigenvalue weighted by molar-refractivity contribution is 0.459. The number of halogens is 1. The van der Waals surface area contributed by atoms with Crippen LogP contribution in [0.15, 0.2) is 39.8 Å². The molecular weight excluding hydrogens is 322 g/mol. The molecule has 0 amide bonds. The van der Waals surface area contributed by atoms with E-state index in [-0.39, 0.29) is 22.9 Å². The Morgan fingerprint density at radius 1 is 1.05 bits per heavy atom. The molecule has 2 aromatic rings. The molecule has 0 bridgehead atoms. The zero-order chi connectivity index (χ0) is 14.9. The van der Waals surface area contributed by atoms with Crippen molar-refractivity contribution in [2.45, 2.75) is 13.8 Å². The van der Waals surface area contributed by atoms with E-state index in [1.807, 2.05) is 6.92 Å². The van der Waals surface area contributed by atoms with Gasteiger partial charge in [0.2, 0.25) is 0 Å². The molecule has 0 saturated heterocycles. The van der Waals surface area contributed by atoms with E-state index >= 15 is 0 Å². The summed E-state index contributed by atoms with van der Waals surface area (Å²) in [5, 5.41) is 28.9. The Balaban J connectivity index is 2.50. The number of benzene rings is 2. The van der Waals surface area contributed by atoms with Crippen LogP contribution in [0.5, 0.6) is 17.2 Å². The first-order valence-electron chi connectivity index (χ1n) is 5.95. The number of aromatic hydroxyl groups is 3. The van der Waals surface area contributed by atoms with Crippen LogP contribution in [-0.2, 0) is 0 Å². The van der Waals surface area contributed by atoms with Crippen molar-refractivity contribution >= 4 is 27.3 Å². The topological polar surface area (TPSA) is 73.1 Å². The van der Waals surface area contributed by atoms with Gasteiger partial charge in [0.15, 0.2) is 5.75 Å². The van der Waals surface area contributed by atoms with Crippen molar-refractivity contribution in [3.8, 4) is 17.2 Å². The maximum absolute atomic E-state index is 9.93. The first-order chi connectivity index (χ1) is 9.38. The molecule has 0 saturated carbocycles. The molecule has 3 N–H and O–H groups in total. The first kappa shape index (κ1) is 14.4. The molecule has 0 aliphatic rings. The zero-order valence-corrected chi connectivity index (χ0v) is 12.6. The van der Waals surface area contributed by atoms with E-state index in [0.717, 1.165) is 11.1 Å². The van der Waals surface area contributed by atoms with Gasteiger partial charge in [-0.15, -0.1) is 0 Å². The maximum Gasteiger partial charge on any atom is 0.155 e. The van der Waals surface area contributed by atoms with E-state index in [4.69, 9.17) is 0 Å². The highest BCUT2D eigenvalue weighted by Gasteiger charge is 2.09. The summed E-state index contributed by atoms with van der Waals surface area (Å²) in [5.41, 5.74) is 2.70. The summed E-state index contributed by atoms with van der Waals surface area (Å²) in [6.45, 7) is 3.67. The Morgan fingerprint density at radius 2 is 1.75 bits per heavy atom. The largest absolute Gasteiger partial charge is 0.508 e. The highest BCUT2D eigenvalue weighted by molar-refractivity contribution is 9.10. The van der Waals surface area contributed by atoms with Gasteiger partial charge in [-0.05, 0) is 65.2 Å². The van der Waals surface area contributed by atoms with Crippen LogP contribution >= 0.6 is 15.9 Å². The molecule has 2 aromatic carbocycles. The minimum Gasteiger partial charge on any atom is -0.508 e. The maximum atomic E-state index is 9.93. The number of rotatable bonds is 2. The van der Waals surface area contributed by atoms with Crippen molar-refractivity contribution in [1.82, 2.24) is 0 Å². The van der Waals surface area contributed by atoms with Crippen molar-refractivity contribution in [2.24, 2.45) is 4.99 Å². The van der Waals surface area contributed by atoms with Crippen molar-refractivity contribution in [2.75, 3.05) is 0 Å². The average Bonchev–Trinajstić information content (AvgIpc) is 2.35. The van der Waals surface area contributed by atoms with Crippen LogP contribution < -0.4 is 0 Å². The fourth-order valence-corrected chi connectivity index (χ4v) is 2.39. The Morgan fingerprint density at radius 3 is 2.40 bits per heavy atom. The third kappa shape index (κ3) is 2.93. The molecule has 4 nitrogen and oxygen atoms in total. The average molecular weight is 336 g/mol. The number of aryl methyl sites for hydroxylation is 1.